The molecule has 6 nitrogen and oxygen atoms in total. The Morgan fingerprint density at radius 2 is 2.08 bits per heavy atom. The van der Waals surface area contributed by atoms with Crippen LogP contribution in [0.5, 0.6) is 0 Å². The zero-order valence-electron chi connectivity index (χ0n) is 15.2. The van der Waals surface area contributed by atoms with E-state index in [1.807, 2.05) is 36.2 Å². The van der Waals surface area contributed by atoms with E-state index in [4.69, 9.17) is 4.74 Å². The third-order valence-corrected chi connectivity index (χ3v) is 5.97. The molecule has 134 valence electrons. The van der Waals surface area contributed by atoms with Crippen molar-refractivity contribution < 1.29 is 9.53 Å². The molecule has 0 bridgehead atoms. The van der Waals surface area contributed by atoms with Gasteiger partial charge in [0.2, 0.25) is 0 Å². The van der Waals surface area contributed by atoms with Crippen molar-refractivity contribution in [3.05, 3.63) is 30.0 Å². The first-order chi connectivity index (χ1) is 12.0. The number of ether oxygens (including phenoxy) is 1. The zero-order chi connectivity index (χ0) is 17.6. The number of carbonyl (C=O) groups is 1. The maximum absolute atomic E-state index is 13.0. The molecule has 1 atom stereocenters. The molecule has 2 saturated heterocycles. The molecule has 6 heteroatoms. The van der Waals surface area contributed by atoms with Gasteiger partial charge in [0.05, 0.1) is 11.1 Å². The van der Waals surface area contributed by atoms with Gasteiger partial charge in [0.1, 0.15) is 0 Å². The molecule has 0 radical (unpaired) electrons. The Balaban J connectivity index is 1.52. The topological polar surface area (TPSA) is 50.6 Å². The normalized spacial score (nSPS) is 23.2. The fourth-order valence-electron chi connectivity index (χ4n) is 4.49. The number of aromatic nitrogens is 2. The Bertz CT molecular complexity index is 794. The number of likely N-dealkylation sites (N-methyl/N-ethyl adjacent to an activating group) is 1. The molecular weight excluding hydrogens is 316 g/mol. The summed E-state index contributed by atoms with van der Waals surface area (Å²) in [7, 11) is 5.84. The maximum Gasteiger partial charge on any atom is 0.275 e. The van der Waals surface area contributed by atoms with E-state index in [1.54, 1.807) is 11.8 Å². The number of likely N-dealkylation sites (tertiary alicyclic amines) is 2. The average Bonchev–Trinajstić information content (AvgIpc) is 2.92. The Kier molecular flexibility index (Phi) is 4.04. The minimum atomic E-state index is 0.0460. The number of carbonyl (C=O) groups excluding carboxylic acids is 1. The van der Waals surface area contributed by atoms with Crippen LogP contribution >= 0.6 is 0 Å². The van der Waals surface area contributed by atoms with Crippen LogP contribution in [0.2, 0.25) is 0 Å². The summed E-state index contributed by atoms with van der Waals surface area (Å²) in [6.07, 6.45) is 2.27. The van der Waals surface area contributed by atoms with E-state index in [-0.39, 0.29) is 11.4 Å². The van der Waals surface area contributed by atoms with Crippen LogP contribution in [0, 0.1) is 5.92 Å². The van der Waals surface area contributed by atoms with E-state index in [2.05, 4.69) is 17.0 Å². The number of hydrogen-bond acceptors (Lipinski definition) is 4. The quantitative estimate of drug-likeness (QED) is 0.853. The first-order valence-corrected chi connectivity index (χ1v) is 8.95. The highest BCUT2D eigenvalue weighted by Crippen LogP contribution is 2.39. The Hall–Kier alpha value is -1.92. The summed E-state index contributed by atoms with van der Waals surface area (Å²) in [5.41, 5.74) is 1.68. The third kappa shape index (κ3) is 2.64. The lowest BCUT2D eigenvalue weighted by Gasteiger charge is -2.58. The fraction of sp³-hybridized carbons (Fsp3) is 0.579. The van der Waals surface area contributed by atoms with Crippen LogP contribution in [0.25, 0.3) is 10.9 Å². The summed E-state index contributed by atoms with van der Waals surface area (Å²) < 4.78 is 7.15. The number of hydrogen-bond donors (Lipinski definition) is 0. The second-order valence-electron chi connectivity index (χ2n) is 7.61. The lowest BCUT2D eigenvalue weighted by atomic mass is 9.75. The zero-order valence-corrected chi connectivity index (χ0v) is 15.2. The molecule has 2 fully saturated rings. The van der Waals surface area contributed by atoms with Gasteiger partial charge in [-0.1, -0.05) is 18.2 Å². The second kappa shape index (κ2) is 6.11. The standard InChI is InChI=1S/C19H26N4O2/c1-21-9-8-14(11-25-3)10-19(21)12-23(13-19)18(24)17-15-6-4-5-7-16(15)22(2)20-17/h4-7,14H,8-13H2,1-3H3/t14-/m1/s1. The van der Waals surface area contributed by atoms with Crippen LogP contribution in [0.3, 0.4) is 0 Å². The van der Waals surface area contributed by atoms with Gasteiger partial charge in [0.25, 0.3) is 5.91 Å². The van der Waals surface area contributed by atoms with Crippen molar-refractivity contribution in [3.8, 4) is 0 Å². The number of benzene rings is 1. The number of aryl methyl sites for hydroxylation is 1. The van der Waals surface area contributed by atoms with E-state index < -0.39 is 0 Å². The third-order valence-electron chi connectivity index (χ3n) is 5.97. The Morgan fingerprint density at radius 1 is 1.32 bits per heavy atom. The first-order valence-electron chi connectivity index (χ1n) is 8.95. The summed E-state index contributed by atoms with van der Waals surface area (Å²) >= 11 is 0. The minimum absolute atomic E-state index is 0.0460. The van der Waals surface area contributed by atoms with Crippen molar-refractivity contribution >= 4 is 16.8 Å². The van der Waals surface area contributed by atoms with Crippen LogP contribution in [0.1, 0.15) is 23.3 Å². The van der Waals surface area contributed by atoms with Gasteiger partial charge in [-0.2, -0.15) is 5.10 Å². The number of para-hydroxylation sites is 1. The van der Waals surface area contributed by atoms with E-state index >= 15 is 0 Å². The number of methoxy groups -OCH3 is 1. The molecule has 0 unspecified atom stereocenters. The van der Waals surface area contributed by atoms with Gasteiger partial charge >= 0.3 is 0 Å². The Morgan fingerprint density at radius 3 is 2.84 bits per heavy atom. The summed E-state index contributed by atoms with van der Waals surface area (Å²) in [4.78, 5) is 17.4. The van der Waals surface area contributed by atoms with Gasteiger partial charge in [-0.25, -0.2) is 0 Å². The molecule has 4 rings (SSSR count). The second-order valence-corrected chi connectivity index (χ2v) is 7.61. The maximum atomic E-state index is 13.0. The predicted molar refractivity (Wildman–Crippen MR) is 96.6 cm³/mol. The highest BCUT2D eigenvalue weighted by Gasteiger charge is 2.51. The number of fused-ring (bicyclic) bond motifs is 1. The number of rotatable bonds is 3. The van der Waals surface area contributed by atoms with Crippen molar-refractivity contribution in [2.24, 2.45) is 13.0 Å². The molecular formula is C19H26N4O2. The average molecular weight is 342 g/mol. The molecule has 2 aliphatic rings. The number of amides is 1. The molecule has 2 aromatic rings. The number of piperidine rings is 1. The molecule has 1 spiro atoms. The van der Waals surface area contributed by atoms with Crippen molar-refractivity contribution in [2.75, 3.05) is 40.4 Å². The van der Waals surface area contributed by atoms with Crippen LogP contribution < -0.4 is 0 Å². The molecule has 1 aromatic carbocycles. The van der Waals surface area contributed by atoms with E-state index in [1.165, 1.54) is 6.42 Å². The van der Waals surface area contributed by atoms with Crippen LogP contribution in [-0.2, 0) is 11.8 Å². The van der Waals surface area contributed by atoms with E-state index in [0.717, 1.165) is 43.6 Å². The lowest BCUT2D eigenvalue weighted by Crippen LogP contribution is -2.72. The van der Waals surface area contributed by atoms with E-state index in [9.17, 15) is 4.79 Å². The van der Waals surface area contributed by atoms with Crippen molar-refractivity contribution in [1.29, 1.82) is 0 Å². The highest BCUT2D eigenvalue weighted by atomic mass is 16.5. The molecule has 1 amide bonds. The van der Waals surface area contributed by atoms with Gasteiger partial charge in [0, 0.05) is 39.2 Å². The Labute approximate surface area is 148 Å². The first kappa shape index (κ1) is 16.5. The van der Waals surface area contributed by atoms with Gasteiger partial charge in [-0.05, 0) is 38.4 Å². The molecule has 25 heavy (non-hydrogen) atoms. The van der Waals surface area contributed by atoms with Crippen LogP contribution in [0.4, 0.5) is 0 Å². The van der Waals surface area contributed by atoms with Gasteiger partial charge in [-0.3, -0.25) is 14.4 Å². The monoisotopic (exact) mass is 342 g/mol. The highest BCUT2D eigenvalue weighted by molar-refractivity contribution is 6.05. The summed E-state index contributed by atoms with van der Waals surface area (Å²) in [6, 6.07) is 7.92. The molecule has 0 saturated carbocycles. The number of nitrogens with zero attached hydrogens (tertiary/aromatic N) is 4. The smallest absolute Gasteiger partial charge is 0.275 e. The van der Waals surface area contributed by atoms with E-state index in [0.29, 0.717) is 11.6 Å². The van der Waals surface area contributed by atoms with Crippen molar-refractivity contribution in [3.63, 3.8) is 0 Å². The van der Waals surface area contributed by atoms with Crippen LogP contribution in [0.15, 0.2) is 24.3 Å². The SMILES string of the molecule is COC[C@@H]1CCN(C)C2(C1)CN(C(=O)c1nn(C)c3ccccc13)C2. The molecule has 2 aliphatic heterocycles. The molecule has 0 N–H and O–H groups in total. The lowest BCUT2D eigenvalue weighted by molar-refractivity contribution is -0.0732. The van der Waals surface area contributed by atoms with Crippen molar-refractivity contribution in [2.45, 2.75) is 18.4 Å². The predicted octanol–water partition coefficient (Wildman–Crippen LogP) is 1.76. The summed E-state index contributed by atoms with van der Waals surface area (Å²) in [5.74, 6) is 0.638. The molecule has 0 aliphatic carbocycles. The van der Waals surface area contributed by atoms with Gasteiger partial charge < -0.3 is 9.64 Å². The van der Waals surface area contributed by atoms with Gasteiger partial charge in [0.15, 0.2) is 5.69 Å². The largest absolute Gasteiger partial charge is 0.384 e. The summed E-state index contributed by atoms with van der Waals surface area (Å²) in [5, 5.41) is 5.42. The minimum Gasteiger partial charge on any atom is -0.384 e. The van der Waals surface area contributed by atoms with Crippen molar-refractivity contribution in [1.82, 2.24) is 19.6 Å². The van der Waals surface area contributed by atoms with Gasteiger partial charge in [-0.15, -0.1) is 0 Å². The van der Waals surface area contributed by atoms with Crippen LogP contribution in [-0.4, -0.2) is 71.4 Å². The summed E-state index contributed by atoms with van der Waals surface area (Å²) in [6.45, 7) is 3.46. The fourth-order valence-corrected chi connectivity index (χ4v) is 4.49. The molecule has 1 aromatic heterocycles. The molecule has 3 heterocycles.